The molecule has 7 nitrogen and oxygen atoms in total. The van der Waals surface area contributed by atoms with Crippen LogP contribution in [0.25, 0.3) is 10.2 Å². The van der Waals surface area contributed by atoms with Crippen LogP contribution in [0.5, 0.6) is 0 Å². The molecule has 0 unspecified atom stereocenters. The van der Waals surface area contributed by atoms with Crippen LogP contribution in [-0.4, -0.2) is 52.9 Å². The summed E-state index contributed by atoms with van der Waals surface area (Å²) in [6.45, 7) is 2.64. The molecule has 0 saturated carbocycles. The van der Waals surface area contributed by atoms with Gasteiger partial charge in [-0.05, 0) is 41.1 Å². The van der Waals surface area contributed by atoms with Crippen molar-refractivity contribution in [2.24, 2.45) is 0 Å². The SMILES string of the molecule is O=C(Nc1cccc(C(=O)N2CCN(c3ncnc4sccc34)CC2)c1)c1cccs1. The van der Waals surface area contributed by atoms with E-state index in [0.717, 1.165) is 16.0 Å². The Bertz CT molecular complexity index is 1230. The summed E-state index contributed by atoms with van der Waals surface area (Å²) in [6, 6.07) is 12.8. The Kier molecular flexibility index (Phi) is 5.35. The first-order valence-electron chi connectivity index (χ1n) is 9.86. The van der Waals surface area contributed by atoms with Crippen molar-refractivity contribution < 1.29 is 9.59 Å². The van der Waals surface area contributed by atoms with E-state index in [0.29, 0.717) is 42.3 Å². The molecule has 5 rings (SSSR count). The molecular weight excluding hydrogens is 430 g/mol. The fourth-order valence-electron chi connectivity index (χ4n) is 3.66. The standard InChI is InChI=1S/C22H19N5O2S2/c28-20(18-5-2-11-30-18)25-16-4-1-3-15(13-16)22(29)27-9-7-26(8-10-27)19-17-6-12-31-21(17)24-14-23-19/h1-6,11-14H,7-10H2,(H,25,28). The number of nitrogens with zero attached hydrogens (tertiary/aromatic N) is 4. The fraction of sp³-hybridized carbons (Fsp3) is 0.182. The van der Waals surface area contributed by atoms with E-state index in [1.807, 2.05) is 27.8 Å². The van der Waals surface area contributed by atoms with Crippen molar-refractivity contribution in [1.29, 1.82) is 0 Å². The van der Waals surface area contributed by atoms with Crippen molar-refractivity contribution in [3.05, 3.63) is 70.0 Å². The second kappa shape index (κ2) is 8.44. The monoisotopic (exact) mass is 449 g/mol. The van der Waals surface area contributed by atoms with Gasteiger partial charge in [-0.15, -0.1) is 22.7 Å². The molecule has 156 valence electrons. The predicted molar refractivity (Wildman–Crippen MR) is 124 cm³/mol. The molecule has 1 saturated heterocycles. The van der Waals surface area contributed by atoms with Crippen molar-refractivity contribution in [2.45, 2.75) is 0 Å². The number of hydrogen-bond acceptors (Lipinski definition) is 7. The van der Waals surface area contributed by atoms with Crippen LogP contribution in [0.15, 0.2) is 59.6 Å². The van der Waals surface area contributed by atoms with Gasteiger partial charge in [0.25, 0.3) is 11.8 Å². The summed E-state index contributed by atoms with van der Waals surface area (Å²) in [5, 5.41) is 7.80. The molecule has 1 aliphatic rings. The second-order valence-electron chi connectivity index (χ2n) is 7.13. The predicted octanol–water partition coefficient (Wildman–Crippen LogP) is 3.97. The molecule has 1 fully saturated rings. The highest BCUT2D eigenvalue weighted by Crippen LogP contribution is 2.27. The second-order valence-corrected chi connectivity index (χ2v) is 8.97. The van der Waals surface area contributed by atoms with Crippen LogP contribution in [-0.2, 0) is 0 Å². The summed E-state index contributed by atoms with van der Waals surface area (Å²) in [6.07, 6.45) is 1.60. The van der Waals surface area contributed by atoms with E-state index in [-0.39, 0.29) is 11.8 Å². The lowest BCUT2D eigenvalue weighted by Gasteiger charge is -2.35. The Morgan fingerprint density at radius 3 is 2.61 bits per heavy atom. The third-order valence-electron chi connectivity index (χ3n) is 5.22. The summed E-state index contributed by atoms with van der Waals surface area (Å²) < 4.78 is 0. The van der Waals surface area contributed by atoms with Gasteiger partial charge in [-0.2, -0.15) is 0 Å². The van der Waals surface area contributed by atoms with Gasteiger partial charge in [0, 0.05) is 37.4 Å². The maximum Gasteiger partial charge on any atom is 0.265 e. The smallest absolute Gasteiger partial charge is 0.265 e. The molecule has 9 heteroatoms. The summed E-state index contributed by atoms with van der Waals surface area (Å²) in [5.74, 6) is 0.727. The van der Waals surface area contributed by atoms with Crippen molar-refractivity contribution >= 4 is 56.2 Å². The molecule has 0 atom stereocenters. The van der Waals surface area contributed by atoms with Crippen molar-refractivity contribution in [3.8, 4) is 0 Å². The number of nitrogens with one attached hydrogen (secondary N) is 1. The number of thiophene rings is 2. The summed E-state index contributed by atoms with van der Waals surface area (Å²) >= 11 is 2.98. The number of benzene rings is 1. The van der Waals surface area contributed by atoms with E-state index in [1.54, 1.807) is 48.0 Å². The number of aromatic nitrogens is 2. The molecule has 31 heavy (non-hydrogen) atoms. The number of rotatable bonds is 4. The van der Waals surface area contributed by atoms with Crippen LogP contribution in [0.1, 0.15) is 20.0 Å². The maximum atomic E-state index is 13.1. The van der Waals surface area contributed by atoms with Crippen LogP contribution in [0.2, 0.25) is 0 Å². The number of carbonyl (C=O) groups excluding carboxylic acids is 2. The zero-order chi connectivity index (χ0) is 21.2. The van der Waals surface area contributed by atoms with Crippen LogP contribution in [0, 0.1) is 0 Å². The molecule has 0 aliphatic carbocycles. The molecule has 0 radical (unpaired) electrons. The van der Waals surface area contributed by atoms with Gasteiger partial charge in [0.1, 0.15) is 17.0 Å². The fourth-order valence-corrected chi connectivity index (χ4v) is 5.01. The van der Waals surface area contributed by atoms with Gasteiger partial charge in [0.2, 0.25) is 0 Å². The molecule has 1 N–H and O–H groups in total. The van der Waals surface area contributed by atoms with Crippen LogP contribution >= 0.6 is 22.7 Å². The van der Waals surface area contributed by atoms with Gasteiger partial charge in [-0.1, -0.05) is 12.1 Å². The average molecular weight is 450 g/mol. The number of piperazine rings is 1. The minimum absolute atomic E-state index is 0.0322. The number of fused-ring (bicyclic) bond motifs is 1. The van der Waals surface area contributed by atoms with Crippen molar-refractivity contribution in [3.63, 3.8) is 0 Å². The molecular formula is C22H19N5O2S2. The largest absolute Gasteiger partial charge is 0.352 e. The van der Waals surface area contributed by atoms with Gasteiger partial charge in [0.05, 0.1) is 10.3 Å². The van der Waals surface area contributed by atoms with Crippen molar-refractivity contribution in [1.82, 2.24) is 14.9 Å². The third kappa shape index (κ3) is 4.01. The highest BCUT2D eigenvalue weighted by molar-refractivity contribution is 7.16. The molecule has 2 amide bonds. The third-order valence-corrected chi connectivity index (χ3v) is 6.91. The summed E-state index contributed by atoms with van der Waals surface area (Å²) in [5.41, 5.74) is 1.18. The Labute approximate surface area is 187 Å². The minimum Gasteiger partial charge on any atom is -0.352 e. The van der Waals surface area contributed by atoms with E-state index in [4.69, 9.17) is 0 Å². The Balaban J connectivity index is 1.25. The molecule has 4 aromatic rings. The van der Waals surface area contributed by atoms with Gasteiger partial charge >= 0.3 is 0 Å². The highest BCUT2D eigenvalue weighted by Gasteiger charge is 2.24. The van der Waals surface area contributed by atoms with Gasteiger partial charge in [-0.3, -0.25) is 9.59 Å². The first-order chi connectivity index (χ1) is 15.2. The normalized spacial score (nSPS) is 14.1. The van der Waals surface area contributed by atoms with Crippen LogP contribution in [0.3, 0.4) is 0 Å². The number of anilines is 2. The Morgan fingerprint density at radius 1 is 0.935 bits per heavy atom. The average Bonchev–Trinajstić information content (AvgIpc) is 3.51. The first-order valence-corrected chi connectivity index (χ1v) is 11.6. The number of hydrogen-bond donors (Lipinski definition) is 1. The maximum absolute atomic E-state index is 13.1. The first kappa shape index (κ1) is 19.7. The van der Waals surface area contributed by atoms with E-state index in [9.17, 15) is 9.59 Å². The summed E-state index contributed by atoms with van der Waals surface area (Å²) in [7, 11) is 0. The van der Waals surface area contributed by atoms with E-state index < -0.39 is 0 Å². The molecule has 0 spiro atoms. The highest BCUT2D eigenvalue weighted by atomic mass is 32.1. The molecule has 4 heterocycles. The quantitative estimate of drug-likeness (QED) is 0.510. The Hall–Kier alpha value is -3.30. The lowest BCUT2D eigenvalue weighted by atomic mass is 10.1. The lowest BCUT2D eigenvalue weighted by molar-refractivity contribution is 0.0746. The topological polar surface area (TPSA) is 78.4 Å². The zero-order valence-electron chi connectivity index (χ0n) is 16.5. The molecule has 1 aromatic carbocycles. The molecule has 3 aromatic heterocycles. The molecule has 1 aliphatic heterocycles. The summed E-state index contributed by atoms with van der Waals surface area (Å²) in [4.78, 5) is 39.8. The minimum atomic E-state index is -0.169. The van der Waals surface area contributed by atoms with E-state index >= 15 is 0 Å². The Morgan fingerprint density at radius 2 is 1.81 bits per heavy atom. The van der Waals surface area contributed by atoms with Crippen LogP contribution < -0.4 is 10.2 Å². The zero-order valence-corrected chi connectivity index (χ0v) is 18.2. The van der Waals surface area contributed by atoms with Crippen LogP contribution in [0.4, 0.5) is 11.5 Å². The number of amides is 2. The van der Waals surface area contributed by atoms with E-state index in [2.05, 4.69) is 20.2 Å². The lowest BCUT2D eigenvalue weighted by Crippen LogP contribution is -2.49. The van der Waals surface area contributed by atoms with Gasteiger partial charge in [0.15, 0.2) is 0 Å². The van der Waals surface area contributed by atoms with Gasteiger partial charge < -0.3 is 15.1 Å². The van der Waals surface area contributed by atoms with E-state index in [1.165, 1.54) is 11.3 Å². The molecule has 0 bridgehead atoms. The van der Waals surface area contributed by atoms with Crippen molar-refractivity contribution in [2.75, 3.05) is 36.4 Å². The van der Waals surface area contributed by atoms with Gasteiger partial charge in [-0.25, -0.2) is 9.97 Å². The number of carbonyl (C=O) groups is 2.